The largest absolute Gasteiger partial charge is 0.375 e. The normalized spacial score (nSPS) is 21.0. The van der Waals surface area contributed by atoms with Crippen LogP contribution >= 0.6 is 0 Å². The average molecular weight is 260 g/mol. The summed E-state index contributed by atoms with van der Waals surface area (Å²) in [6.45, 7) is 5.42. The van der Waals surface area contributed by atoms with Crippen LogP contribution in [0.15, 0.2) is 24.3 Å². The van der Waals surface area contributed by atoms with Gasteiger partial charge in [-0.2, -0.15) is 0 Å². The highest BCUT2D eigenvalue weighted by Gasteiger charge is 2.33. The molecule has 3 nitrogen and oxygen atoms in total. The molecule has 0 radical (unpaired) electrons. The van der Waals surface area contributed by atoms with Gasteiger partial charge in [-0.1, -0.05) is 20.3 Å². The van der Waals surface area contributed by atoms with Gasteiger partial charge in [-0.3, -0.25) is 4.79 Å². The van der Waals surface area contributed by atoms with Gasteiger partial charge >= 0.3 is 0 Å². The molecule has 0 aliphatic heterocycles. The number of hydrogen-bond acceptors (Lipinski definition) is 2. The Hall–Kier alpha value is -1.51. The van der Waals surface area contributed by atoms with E-state index in [1.165, 1.54) is 18.5 Å². The number of rotatable bonds is 6. The van der Waals surface area contributed by atoms with Gasteiger partial charge in [-0.15, -0.1) is 0 Å². The van der Waals surface area contributed by atoms with E-state index in [1.54, 1.807) is 0 Å². The monoisotopic (exact) mass is 260 g/mol. The topological polar surface area (TPSA) is 32.3 Å². The molecule has 1 aliphatic carbocycles. The van der Waals surface area contributed by atoms with Crippen LogP contribution in [0.5, 0.6) is 0 Å². The lowest BCUT2D eigenvalue weighted by Crippen LogP contribution is -2.26. The van der Waals surface area contributed by atoms with E-state index in [4.69, 9.17) is 0 Å². The number of hydrogen-bond donors (Lipinski definition) is 1. The maximum atomic E-state index is 12.0. The lowest BCUT2D eigenvalue weighted by atomic mass is 10.1. The van der Waals surface area contributed by atoms with Crippen molar-refractivity contribution in [2.75, 3.05) is 18.5 Å². The minimum Gasteiger partial charge on any atom is -0.375 e. The summed E-state index contributed by atoms with van der Waals surface area (Å²) in [4.78, 5) is 14.2. The first-order chi connectivity index (χ1) is 9.11. The van der Waals surface area contributed by atoms with Crippen LogP contribution in [0.2, 0.25) is 0 Å². The number of nitrogens with zero attached hydrogens (tertiary/aromatic N) is 1. The molecular weight excluding hydrogens is 236 g/mol. The Balaban J connectivity index is 1.91. The first-order valence-electron chi connectivity index (χ1n) is 7.24. The van der Waals surface area contributed by atoms with Crippen LogP contribution < -0.4 is 10.2 Å². The van der Waals surface area contributed by atoms with Crippen molar-refractivity contribution in [1.82, 2.24) is 5.32 Å². The molecule has 2 rings (SSSR count). The van der Waals surface area contributed by atoms with Gasteiger partial charge in [0.15, 0.2) is 0 Å². The van der Waals surface area contributed by atoms with E-state index in [2.05, 4.69) is 31.1 Å². The Labute approximate surface area is 116 Å². The number of anilines is 1. The molecule has 0 saturated heterocycles. The second-order valence-electron chi connectivity index (χ2n) is 5.61. The summed E-state index contributed by atoms with van der Waals surface area (Å²) in [5, 5.41) is 3.05. The Morgan fingerprint density at radius 3 is 2.53 bits per heavy atom. The van der Waals surface area contributed by atoms with Crippen LogP contribution in [-0.2, 0) is 0 Å². The highest BCUT2D eigenvalue weighted by molar-refractivity contribution is 5.94. The van der Waals surface area contributed by atoms with Crippen molar-refractivity contribution in [1.29, 1.82) is 0 Å². The molecule has 104 valence electrons. The van der Waals surface area contributed by atoms with Gasteiger partial charge in [0.1, 0.15) is 0 Å². The predicted molar refractivity (Wildman–Crippen MR) is 79.7 cm³/mol. The molecule has 1 amide bonds. The summed E-state index contributed by atoms with van der Waals surface area (Å²) in [6, 6.07) is 8.28. The van der Waals surface area contributed by atoms with E-state index in [0.29, 0.717) is 12.0 Å². The second-order valence-corrected chi connectivity index (χ2v) is 5.61. The summed E-state index contributed by atoms with van der Waals surface area (Å²) >= 11 is 0. The van der Waals surface area contributed by atoms with E-state index in [0.717, 1.165) is 18.5 Å². The van der Waals surface area contributed by atoms with Crippen molar-refractivity contribution in [3.63, 3.8) is 0 Å². The number of carbonyl (C=O) groups is 1. The van der Waals surface area contributed by atoms with Crippen molar-refractivity contribution in [2.24, 2.45) is 5.92 Å². The van der Waals surface area contributed by atoms with Crippen LogP contribution in [0, 0.1) is 5.92 Å². The number of benzene rings is 1. The van der Waals surface area contributed by atoms with Gasteiger partial charge < -0.3 is 10.2 Å². The van der Waals surface area contributed by atoms with Crippen molar-refractivity contribution in [2.45, 2.75) is 39.2 Å². The minimum atomic E-state index is 0.0529. The lowest BCUT2D eigenvalue weighted by molar-refractivity contribution is 0.0949. The molecule has 2 atom stereocenters. The molecule has 19 heavy (non-hydrogen) atoms. The van der Waals surface area contributed by atoms with Gasteiger partial charge in [0.25, 0.3) is 5.91 Å². The van der Waals surface area contributed by atoms with Gasteiger partial charge in [-0.05, 0) is 43.0 Å². The summed E-state index contributed by atoms with van der Waals surface area (Å²) in [5.74, 6) is 0.695. The number of unbranched alkanes of at least 4 members (excludes halogenated alkanes) is 1. The fourth-order valence-corrected chi connectivity index (χ4v) is 2.17. The number of amides is 1. The third-order valence-electron chi connectivity index (χ3n) is 3.84. The minimum absolute atomic E-state index is 0.0529. The van der Waals surface area contributed by atoms with Crippen molar-refractivity contribution < 1.29 is 4.79 Å². The van der Waals surface area contributed by atoms with E-state index in [1.807, 2.05) is 24.3 Å². The number of carbonyl (C=O) groups excluding carboxylic acids is 1. The molecule has 0 heterocycles. The van der Waals surface area contributed by atoms with Crippen LogP contribution in [0.1, 0.15) is 43.5 Å². The zero-order valence-electron chi connectivity index (χ0n) is 12.1. The summed E-state index contributed by atoms with van der Waals surface area (Å²) in [7, 11) is 2.09. The van der Waals surface area contributed by atoms with Gasteiger partial charge in [0.05, 0.1) is 0 Å². The fourth-order valence-electron chi connectivity index (χ4n) is 2.17. The molecule has 3 heteroatoms. The molecule has 0 bridgehead atoms. The quantitative estimate of drug-likeness (QED) is 0.852. The molecule has 1 aromatic carbocycles. The Bertz CT molecular complexity index is 427. The fraction of sp³-hybridized carbons (Fsp3) is 0.562. The van der Waals surface area contributed by atoms with Crippen LogP contribution in [0.25, 0.3) is 0 Å². The molecule has 1 aliphatic rings. The summed E-state index contributed by atoms with van der Waals surface area (Å²) in [5.41, 5.74) is 1.93. The maximum Gasteiger partial charge on any atom is 0.251 e. The van der Waals surface area contributed by atoms with Crippen molar-refractivity contribution >= 4 is 11.6 Å². The Kier molecular flexibility index (Phi) is 4.46. The van der Waals surface area contributed by atoms with Gasteiger partial charge in [0.2, 0.25) is 0 Å². The van der Waals surface area contributed by atoms with Crippen LogP contribution in [-0.4, -0.2) is 25.5 Å². The van der Waals surface area contributed by atoms with Gasteiger partial charge in [0, 0.05) is 30.9 Å². The van der Waals surface area contributed by atoms with E-state index in [9.17, 15) is 4.79 Å². The first kappa shape index (κ1) is 13.9. The van der Waals surface area contributed by atoms with E-state index >= 15 is 0 Å². The highest BCUT2D eigenvalue weighted by Crippen LogP contribution is 2.29. The summed E-state index contributed by atoms with van der Waals surface area (Å²) in [6.07, 6.45) is 3.51. The molecule has 1 saturated carbocycles. The molecule has 2 unspecified atom stereocenters. The highest BCUT2D eigenvalue weighted by atomic mass is 16.1. The molecule has 1 fully saturated rings. The van der Waals surface area contributed by atoms with Crippen LogP contribution in [0.4, 0.5) is 5.69 Å². The zero-order valence-corrected chi connectivity index (χ0v) is 12.1. The zero-order chi connectivity index (χ0) is 13.8. The van der Waals surface area contributed by atoms with E-state index in [-0.39, 0.29) is 5.91 Å². The number of nitrogens with one attached hydrogen (secondary N) is 1. The summed E-state index contributed by atoms with van der Waals surface area (Å²) < 4.78 is 0. The first-order valence-corrected chi connectivity index (χ1v) is 7.24. The molecular formula is C16H24N2O. The smallest absolute Gasteiger partial charge is 0.251 e. The van der Waals surface area contributed by atoms with Crippen LogP contribution in [0.3, 0.4) is 0 Å². The second kappa shape index (κ2) is 6.09. The maximum absolute atomic E-state index is 12.0. The van der Waals surface area contributed by atoms with Gasteiger partial charge in [-0.25, -0.2) is 0 Å². The molecule has 0 aromatic heterocycles. The average Bonchev–Trinajstić information content (AvgIpc) is 3.11. The Morgan fingerprint density at radius 1 is 1.37 bits per heavy atom. The standard InChI is InChI=1S/C16H24N2O/c1-4-5-10-18(3)14-8-6-13(7-9-14)16(19)17-15-11-12(15)2/h6-9,12,15H,4-5,10-11H2,1-3H3,(H,17,19). The predicted octanol–water partition coefficient (Wildman–Crippen LogP) is 3.06. The molecule has 0 spiro atoms. The molecule has 1 N–H and O–H groups in total. The third-order valence-corrected chi connectivity index (χ3v) is 3.84. The van der Waals surface area contributed by atoms with E-state index < -0.39 is 0 Å². The Morgan fingerprint density at radius 2 is 2.00 bits per heavy atom. The SMILES string of the molecule is CCCCN(C)c1ccc(C(=O)NC2CC2C)cc1. The van der Waals surface area contributed by atoms with Crippen molar-refractivity contribution in [3.8, 4) is 0 Å². The third kappa shape index (κ3) is 3.72. The lowest BCUT2D eigenvalue weighted by Gasteiger charge is -2.19. The van der Waals surface area contributed by atoms with Crippen molar-refractivity contribution in [3.05, 3.63) is 29.8 Å². The molecule has 1 aromatic rings.